The maximum absolute atomic E-state index is 12.4. The van der Waals surface area contributed by atoms with Gasteiger partial charge in [-0.05, 0) is 29.2 Å². The second-order valence-corrected chi connectivity index (χ2v) is 8.86. The highest BCUT2D eigenvalue weighted by atomic mass is 32.2. The summed E-state index contributed by atoms with van der Waals surface area (Å²) in [4.78, 5) is 12.4. The van der Waals surface area contributed by atoms with Crippen molar-refractivity contribution in [2.75, 3.05) is 22.4 Å². The molecule has 6 heteroatoms. The SMILES string of the molecule is CC(C)(C)c1ccccc1N(CC(=O)Nc1ccccc1)S(C)(=O)=O. The van der Waals surface area contributed by atoms with E-state index in [1.54, 1.807) is 36.4 Å². The highest BCUT2D eigenvalue weighted by Gasteiger charge is 2.27. The van der Waals surface area contributed by atoms with Crippen LogP contribution in [0, 0.1) is 0 Å². The van der Waals surface area contributed by atoms with Gasteiger partial charge >= 0.3 is 0 Å². The van der Waals surface area contributed by atoms with Crippen LogP contribution in [0.5, 0.6) is 0 Å². The van der Waals surface area contributed by atoms with E-state index in [0.29, 0.717) is 11.4 Å². The lowest BCUT2D eigenvalue weighted by Crippen LogP contribution is -2.38. The first-order valence-corrected chi connectivity index (χ1v) is 9.86. The Bertz CT molecular complexity index is 840. The second-order valence-electron chi connectivity index (χ2n) is 6.95. The van der Waals surface area contributed by atoms with Gasteiger partial charge in [0, 0.05) is 5.69 Å². The van der Waals surface area contributed by atoms with Gasteiger partial charge in [-0.15, -0.1) is 0 Å². The summed E-state index contributed by atoms with van der Waals surface area (Å²) in [6.07, 6.45) is 1.11. The molecule has 0 radical (unpaired) electrons. The summed E-state index contributed by atoms with van der Waals surface area (Å²) in [7, 11) is -3.62. The van der Waals surface area contributed by atoms with Crippen molar-refractivity contribution in [1.29, 1.82) is 0 Å². The third-order valence-corrected chi connectivity index (χ3v) is 4.85. The van der Waals surface area contributed by atoms with Crippen LogP contribution in [0.3, 0.4) is 0 Å². The number of hydrogen-bond acceptors (Lipinski definition) is 3. The molecule has 0 fully saturated rings. The van der Waals surface area contributed by atoms with Crippen LogP contribution in [-0.4, -0.2) is 27.1 Å². The normalized spacial score (nSPS) is 11.8. The quantitative estimate of drug-likeness (QED) is 0.889. The first kappa shape index (κ1) is 19.0. The molecule has 5 nitrogen and oxygen atoms in total. The molecular weight excluding hydrogens is 336 g/mol. The Kier molecular flexibility index (Phi) is 5.52. The maximum Gasteiger partial charge on any atom is 0.245 e. The zero-order valence-corrected chi connectivity index (χ0v) is 15.8. The minimum Gasteiger partial charge on any atom is -0.325 e. The number of nitrogens with zero attached hydrogens (tertiary/aromatic N) is 1. The largest absolute Gasteiger partial charge is 0.325 e. The number of benzene rings is 2. The molecule has 0 saturated carbocycles. The Balaban J connectivity index is 2.35. The molecule has 1 N–H and O–H groups in total. The van der Waals surface area contributed by atoms with Gasteiger partial charge in [-0.3, -0.25) is 9.10 Å². The number of carbonyl (C=O) groups is 1. The molecule has 2 aromatic rings. The summed E-state index contributed by atoms with van der Waals surface area (Å²) in [6, 6.07) is 16.2. The molecule has 0 spiro atoms. The number of para-hydroxylation sites is 2. The molecular formula is C19H24N2O3S. The van der Waals surface area contributed by atoms with Crippen LogP contribution in [0.2, 0.25) is 0 Å². The van der Waals surface area contributed by atoms with Crippen molar-refractivity contribution in [2.45, 2.75) is 26.2 Å². The number of anilines is 2. The number of nitrogens with one attached hydrogen (secondary N) is 1. The van der Waals surface area contributed by atoms with Gasteiger partial charge in [0.05, 0.1) is 11.9 Å². The van der Waals surface area contributed by atoms with E-state index < -0.39 is 10.0 Å². The Hall–Kier alpha value is -2.34. The second kappa shape index (κ2) is 7.27. The zero-order chi connectivity index (χ0) is 18.7. The summed E-state index contributed by atoms with van der Waals surface area (Å²) in [5, 5.41) is 2.73. The summed E-state index contributed by atoms with van der Waals surface area (Å²) in [5.41, 5.74) is 1.77. The standard InChI is InChI=1S/C19H24N2O3S/c1-19(2,3)16-12-8-9-13-17(16)21(25(4,23)24)14-18(22)20-15-10-6-5-7-11-15/h5-13H,14H2,1-4H3,(H,20,22). The fourth-order valence-electron chi connectivity index (χ4n) is 2.56. The van der Waals surface area contributed by atoms with Gasteiger partial charge in [0.25, 0.3) is 0 Å². The molecule has 25 heavy (non-hydrogen) atoms. The lowest BCUT2D eigenvalue weighted by atomic mass is 9.86. The Morgan fingerprint density at radius 2 is 1.56 bits per heavy atom. The first-order chi connectivity index (χ1) is 11.6. The number of amides is 1. The number of hydrogen-bond donors (Lipinski definition) is 1. The molecule has 0 saturated heterocycles. The Morgan fingerprint density at radius 1 is 1.00 bits per heavy atom. The monoisotopic (exact) mass is 360 g/mol. The van der Waals surface area contributed by atoms with Crippen molar-refractivity contribution in [3.63, 3.8) is 0 Å². The van der Waals surface area contributed by atoms with E-state index in [1.807, 2.05) is 39.0 Å². The highest BCUT2D eigenvalue weighted by Crippen LogP contribution is 2.32. The molecule has 2 aromatic carbocycles. The highest BCUT2D eigenvalue weighted by molar-refractivity contribution is 7.92. The van der Waals surface area contributed by atoms with Crippen LogP contribution in [-0.2, 0) is 20.2 Å². The van der Waals surface area contributed by atoms with E-state index in [1.165, 1.54) is 0 Å². The van der Waals surface area contributed by atoms with Crippen LogP contribution < -0.4 is 9.62 Å². The fraction of sp³-hybridized carbons (Fsp3) is 0.316. The van der Waals surface area contributed by atoms with Crippen LogP contribution in [0.25, 0.3) is 0 Å². The molecule has 0 aliphatic rings. The van der Waals surface area contributed by atoms with E-state index in [0.717, 1.165) is 16.1 Å². The molecule has 0 bridgehead atoms. The molecule has 0 aromatic heterocycles. The topological polar surface area (TPSA) is 66.5 Å². The van der Waals surface area contributed by atoms with Crippen LogP contribution in [0.15, 0.2) is 54.6 Å². The fourth-order valence-corrected chi connectivity index (χ4v) is 3.43. The van der Waals surface area contributed by atoms with E-state index in [2.05, 4.69) is 5.32 Å². The molecule has 1 amide bonds. The van der Waals surface area contributed by atoms with Gasteiger partial charge in [-0.25, -0.2) is 8.42 Å². The van der Waals surface area contributed by atoms with Crippen molar-refractivity contribution < 1.29 is 13.2 Å². The van der Waals surface area contributed by atoms with Crippen molar-refractivity contribution in [3.8, 4) is 0 Å². The lowest BCUT2D eigenvalue weighted by molar-refractivity contribution is -0.114. The molecule has 0 aliphatic heterocycles. The molecule has 0 aliphatic carbocycles. The van der Waals surface area contributed by atoms with Gasteiger partial charge in [-0.1, -0.05) is 57.2 Å². The smallest absolute Gasteiger partial charge is 0.245 e. The predicted molar refractivity (Wildman–Crippen MR) is 102 cm³/mol. The van der Waals surface area contributed by atoms with Gasteiger partial charge in [-0.2, -0.15) is 0 Å². The Labute approximate surface area is 149 Å². The minimum absolute atomic E-state index is 0.255. The van der Waals surface area contributed by atoms with Crippen molar-refractivity contribution in [2.24, 2.45) is 0 Å². The molecule has 0 heterocycles. The van der Waals surface area contributed by atoms with Gasteiger partial charge in [0.2, 0.25) is 15.9 Å². The predicted octanol–water partition coefficient (Wildman–Crippen LogP) is 3.39. The van der Waals surface area contributed by atoms with E-state index in [9.17, 15) is 13.2 Å². The van der Waals surface area contributed by atoms with E-state index in [-0.39, 0.29) is 17.9 Å². The third kappa shape index (κ3) is 5.06. The van der Waals surface area contributed by atoms with Gasteiger partial charge in [0.15, 0.2) is 0 Å². The Morgan fingerprint density at radius 3 is 2.12 bits per heavy atom. The van der Waals surface area contributed by atoms with Crippen molar-refractivity contribution in [3.05, 3.63) is 60.2 Å². The van der Waals surface area contributed by atoms with Gasteiger partial charge < -0.3 is 5.32 Å². The number of rotatable bonds is 5. The summed E-state index contributed by atoms with van der Waals surface area (Å²) < 4.78 is 25.8. The molecule has 0 atom stereocenters. The van der Waals surface area contributed by atoms with Crippen molar-refractivity contribution >= 4 is 27.3 Å². The number of sulfonamides is 1. The van der Waals surface area contributed by atoms with E-state index in [4.69, 9.17) is 0 Å². The summed E-state index contributed by atoms with van der Waals surface area (Å²) in [6.45, 7) is 5.75. The summed E-state index contributed by atoms with van der Waals surface area (Å²) >= 11 is 0. The average molecular weight is 360 g/mol. The lowest BCUT2D eigenvalue weighted by Gasteiger charge is -2.29. The van der Waals surface area contributed by atoms with E-state index >= 15 is 0 Å². The molecule has 0 unspecified atom stereocenters. The minimum atomic E-state index is -3.62. The zero-order valence-electron chi connectivity index (χ0n) is 15.0. The average Bonchev–Trinajstić information content (AvgIpc) is 2.52. The van der Waals surface area contributed by atoms with Crippen LogP contribution in [0.4, 0.5) is 11.4 Å². The van der Waals surface area contributed by atoms with Crippen molar-refractivity contribution in [1.82, 2.24) is 0 Å². The van der Waals surface area contributed by atoms with Gasteiger partial charge in [0.1, 0.15) is 6.54 Å². The summed E-state index contributed by atoms with van der Waals surface area (Å²) in [5.74, 6) is -0.389. The third-order valence-electron chi connectivity index (χ3n) is 3.73. The first-order valence-electron chi connectivity index (χ1n) is 8.01. The molecule has 2 rings (SSSR count). The van der Waals surface area contributed by atoms with Crippen LogP contribution in [0.1, 0.15) is 26.3 Å². The van der Waals surface area contributed by atoms with Crippen LogP contribution >= 0.6 is 0 Å². The number of carbonyl (C=O) groups excluding carboxylic acids is 1. The maximum atomic E-state index is 12.4. The molecule has 134 valence electrons.